The molecule has 0 spiro atoms. The van der Waals surface area contributed by atoms with Crippen LogP contribution in [0.4, 0.5) is 0 Å². The number of hydrogen-bond acceptors (Lipinski definition) is 4. The number of hydrogen-bond donors (Lipinski definition) is 1. The molecule has 0 saturated carbocycles. The van der Waals surface area contributed by atoms with E-state index in [9.17, 15) is 13.2 Å². The van der Waals surface area contributed by atoms with Crippen LogP contribution in [-0.4, -0.2) is 56.4 Å². The van der Waals surface area contributed by atoms with E-state index in [-0.39, 0.29) is 29.4 Å². The molecular formula is C13H24N2O3S. The normalized spacial score (nSPS) is 30.2. The highest BCUT2D eigenvalue weighted by Crippen LogP contribution is 2.22. The Hall–Kier alpha value is -0.620. The minimum Gasteiger partial charge on any atom is -0.338 e. The van der Waals surface area contributed by atoms with Crippen molar-refractivity contribution in [1.29, 1.82) is 0 Å². The van der Waals surface area contributed by atoms with E-state index in [2.05, 4.69) is 5.32 Å². The second-order valence-electron chi connectivity index (χ2n) is 5.63. The Balaban J connectivity index is 2.04. The minimum atomic E-state index is -2.93. The Morgan fingerprint density at radius 2 is 2.16 bits per heavy atom. The fourth-order valence-electron chi connectivity index (χ4n) is 3.03. The minimum absolute atomic E-state index is 0.0311. The maximum Gasteiger partial charge on any atom is 0.227 e. The van der Waals surface area contributed by atoms with Crippen molar-refractivity contribution in [3.05, 3.63) is 0 Å². The number of carbonyl (C=O) groups excluding carboxylic acids is 1. The van der Waals surface area contributed by atoms with Gasteiger partial charge in [0.2, 0.25) is 5.91 Å². The summed E-state index contributed by atoms with van der Waals surface area (Å²) in [6.07, 6.45) is 3.43. The van der Waals surface area contributed by atoms with Crippen molar-refractivity contribution in [2.75, 3.05) is 31.1 Å². The van der Waals surface area contributed by atoms with Gasteiger partial charge in [-0.05, 0) is 32.2 Å². The van der Waals surface area contributed by atoms with Gasteiger partial charge in [-0.3, -0.25) is 4.79 Å². The number of nitrogens with one attached hydrogen (secondary N) is 1. The molecule has 6 heteroatoms. The molecule has 5 nitrogen and oxygen atoms in total. The summed E-state index contributed by atoms with van der Waals surface area (Å²) in [4.78, 5) is 14.4. The molecular weight excluding hydrogens is 264 g/mol. The molecule has 2 unspecified atom stereocenters. The van der Waals surface area contributed by atoms with Crippen molar-refractivity contribution < 1.29 is 13.2 Å². The first-order valence-corrected chi connectivity index (χ1v) is 9.07. The molecule has 2 heterocycles. The molecule has 2 rings (SSSR count). The molecule has 19 heavy (non-hydrogen) atoms. The van der Waals surface area contributed by atoms with Gasteiger partial charge in [0.1, 0.15) is 0 Å². The van der Waals surface area contributed by atoms with E-state index < -0.39 is 9.84 Å². The van der Waals surface area contributed by atoms with Crippen LogP contribution >= 0.6 is 0 Å². The molecule has 0 aromatic carbocycles. The molecule has 0 bridgehead atoms. The van der Waals surface area contributed by atoms with Crippen molar-refractivity contribution in [2.24, 2.45) is 5.92 Å². The lowest BCUT2D eigenvalue weighted by Crippen LogP contribution is -2.48. The van der Waals surface area contributed by atoms with E-state index in [4.69, 9.17) is 0 Å². The predicted octanol–water partition coefficient (Wildman–Crippen LogP) is 0.412. The lowest BCUT2D eigenvalue weighted by atomic mass is 9.97. The fraction of sp³-hybridized carbons (Fsp3) is 0.923. The second kappa shape index (κ2) is 6.22. The highest BCUT2D eigenvalue weighted by Gasteiger charge is 2.36. The second-order valence-corrected chi connectivity index (χ2v) is 7.86. The van der Waals surface area contributed by atoms with Crippen molar-refractivity contribution in [3.63, 3.8) is 0 Å². The Kier molecular flexibility index (Phi) is 4.84. The van der Waals surface area contributed by atoms with Crippen LogP contribution in [0.25, 0.3) is 0 Å². The average molecular weight is 288 g/mol. The molecule has 2 fully saturated rings. The third kappa shape index (κ3) is 3.69. The van der Waals surface area contributed by atoms with Gasteiger partial charge < -0.3 is 10.2 Å². The van der Waals surface area contributed by atoms with Gasteiger partial charge in [0.25, 0.3) is 0 Å². The van der Waals surface area contributed by atoms with Crippen LogP contribution in [0.3, 0.4) is 0 Å². The molecule has 2 aliphatic heterocycles. The fourth-order valence-corrected chi connectivity index (χ4v) is 4.76. The van der Waals surface area contributed by atoms with Crippen LogP contribution in [0.1, 0.15) is 32.6 Å². The summed E-state index contributed by atoms with van der Waals surface area (Å²) in [7, 11) is -2.93. The zero-order valence-electron chi connectivity index (χ0n) is 11.6. The van der Waals surface area contributed by atoms with E-state index in [1.54, 1.807) is 0 Å². The van der Waals surface area contributed by atoms with Crippen LogP contribution in [0.2, 0.25) is 0 Å². The topological polar surface area (TPSA) is 66.5 Å². The lowest BCUT2D eigenvalue weighted by Gasteiger charge is -2.33. The number of amides is 1. The van der Waals surface area contributed by atoms with E-state index >= 15 is 0 Å². The Bertz CT molecular complexity index is 416. The van der Waals surface area contributed by atoms with Gasteiger partial charge in [-0.25, -0.2) is 8.42 Å². The van der Waals surface area contributed by atoms with Crippen molar-refractivity contribution in [2.45, 2.75) is 38.6 Å². The van der Waals surface area contributed by atoms with Gasteiger partial charge >= 0.3 is 0 Å². The van der Waals surface area contributed by atoms with Crippen molar-refractivity contribution in [3.8, 4) is 0 Å². The number of sulfone groups is 1. The van der Waals surface area contributed by atoms with Gasteiger partial charge in [0.15, 0.2) is 9.84 Å². The smallest absolute Gasteiger partial charge is 0.227 e. The number of piperidine rings is 1. The first-order chi connectivity index (χ1) is 9.03. The van der Waals surface area contributed by atoms with Crippen molar-refractivity contribution >= 4 is 15.7 Å². The van der Waals surface area contributed by atoms with Gasteiger partial charge in [-0.1, -0.05) is 6.92 Å². The summed E-state index contributed by atoms with van der Waals surface area (Å²) in [5.41, 5.74) is 0. The standard InChI is InChI=1S/C13H24N2O3S/c1-2-7-15(12-5-8-19(17,18)10-12)13(16)11-4-3-6-14-9-11/h11-12,14H,2-10H2,1H3. The number of rotatable bonds is 4. The third-order valence-electron chi connectivity index (χ3n) is 4.04. The Labute approximate surface area is 115 Å². The Morgan fingerprint density at radius 1 is 1.37 bits per heavy atom. The molecule has 0 aliphatic carbocycles. The first kappa shape index (κ1) is 14.8. The van der Waals surface area contributed by atoms with E-state index in [0.717, 1.165) is 32.4 Å². The molecule has 2 aliphatic rings. The van der Waals surface area contributed by atoms with E-state index in [0.29, 0.717) is 13.0 Å². The molecule has 0 aromatic heterocycles. The summed E-state index contributed by atoms with van der Waals surface area (Å²) in [6.45, 7) is 4.42. The highest BCUT2D eigenvalue weighted by molar-refractivity contribution is 7.91. The Morgan fingerprint density at radius 3 is 2.68 bits per heavy atom. The van der Waals surface area contributed by atoms with Crippen molar-refractivity contribution in [1.82, 2.24) is 10.2 Å². The van der Waals surface area contributed by atoms with Gasteiger partial charge in [0, 0.05) is 19.1 Å². The monoisotopic (exact) mass is 288 g/mol. The highest BCUT2D eigenvalue weighted by atomic mass is 32.2. The zero-order chi connectivity index (χ0) is 13.9. The summed E-state index contributed by atoms with van der Waals surface area (Å²) in [5.74, 6) is 0.562. The largest absolute Gasteiger partial charge is 0.338 e. The molecule has 1 amide bonds. The molecule has 1 N–H and O–H groups in total. The van der Waals surface area contributed by atoms with Gasteiger partial charge in [-0.2, -0.15) is 0 Å². The summed E-state index contributed by atoms with van der Waals surface area (Å²) in [5, 5.41) is 3.25. The van der Waals surface area contributed by atoms with Crippen LogP contribution in [0.15, 0.2) is 0 Å². The van der Waals surface area contributed by atoms with E-state index in [1.807, 2.05) is 11.8 Å². The molecule has 2 atom stereocenters. The molecule has 110 valence electrons. The summed E-state index contributed by atoms with van der Waals surface area (Å²) in [6, 6.07) is -0.0978. The van der Waals surface area contributed by atoms with Gasteiger partial charge in [0.05, 0.1) is 17.4 Å². The SMILES string of the molecule is CCCN(C(=O)C1CCCNC1)C1CCS(=O)(=O)C1. The van der Waals surface area contributed by atoms with Gasteiger partial charge in [-0.15, -0.1) is 0 Å². The summed E-state index contributed by atoms with van der Waals surface area (Å²) < 4.78 is 23.2. The first-order valence-electron chi connectivity index (χ1n) is 7.25. The lowest BCUT2D eigenvalue weighted by molar-refractivity contribution is -0.138. The quantitative estimate of drug-likeness (QED) is 0.814. The molecule has 0 radical (unpaired) electrons. The molecule has 2 saturated heterocycles. The van der Waals surface area contributed by atoms with Crippen LogP contribution in [0, 0.1) is 5.92 Å². The average Bonchev–Trinajstić information content (AvgIpc) is 2.76. The van der Waals surface area contributed by atoms with Crippen LogP contribution < -0.4 is 5.32 Å². The summed E-state index contributed by atoms with van der Waals surface area (Å²) >= 11 is 0. The van der Waals surface area contributed by atoms with Crippen LogP contribution in [-0.2, 0) is 14.6 Å². The number of carbonyl (C=O) groups is 1. The number of nitrogens with zero attached hydrogens (tertiary/aromatic N) is 1. The van der Waals surface area contributed by atoms with Crippen LogP contribution in [0.5, 0.6) is 0 Å². The maximum absolute atomic E-state index is 12.6. The van der Waals surface area contributed by atoms with E-state index in [1.165, 1.54) is 0 Å². The molecule has 0 aromatic rings. The predicted molar refractivity (Wildman–Crippen MR) is 74.7 cm³/mol. The maximum atomic E-state index is 12.6. The third-order valence-corrected chi connectivity index (χ3v) is 5.79. The zero-order valence-corrected chi connectivity index (χ0v) is 12.4.